The zero-order valence-electron chi connectivity index (χ0n) is 20.2. The number of aromatic hydroxyl groups is 1. The van der Waals surface area contributed by atoms with Crippen LogP contribution in [-0.2, 0) is 9.59 Å². The van der Waals surface area contributed by atoms with Crippen LogP contribution in [0.1, 0.15) is 37.4 Å². The zero-order chi connectivity index (χ0) is 25.0. The number of carbonyl (C=O) groups is 2. The van der Waals surface area contributed by atoms with Crippen LogP contribution in [0.3, 0.4) is 0 Å². The summed E-state index contributed by atoms with van der Waals surface area (Å²) in [4.78, 5) is 29.6. The molecule has 0 radical (unpaired) electrons. The smallest absolute Gasteiger partial charge is 0.295 e. The van der Waals surface area contributed by atoms with Crippen LogP contribution in [0.5, 0.6) is 17.2 Å². The van der Waals surface area contributed by atoms with E-state index in [1.54, 1.807) is 36.4 Å². The first-order valence-electron chi connectivity index (χ1n) is 11.2. The average molecular weight is 469 g/mol. The van der Waals surface area contributed by atoms with Gasteiger partial charge in [-0.3, -0.25) is 9.59 Å². The molecule has 1 aliphatic heterocycles. The molecule has 0 bridgehead atoms. The minimum Gasteiger partial charge on any atom is -0.507 e. The third-order valence-electron chi connectivity index (χ3n) is 5.56. The van der Waals surface area contributed by atoms with Crippen molar-refractivity contribution in [1.82, 2.24) is 9.80 Å². The maximum atomic E-state index is 13.1. The van der Waals surface area contributed by atoms with Gasteiger partial charge in [0.05, 0.1) is 24.8 Å². The molecule has 0 spiro atoms. The molecule has 8 heteroatoms. The van der Waals surface area contributed by atoms with Crippen molar-refractivity contribution >= 4 is 17.4 Å². The van der Waals surface area contributed by atoms with E-state index in [1.165, 1.54) is 18.1 Å². The van der Waals surface area contributed by atoms with Crippen LogP contribution >= 0.6 is 0 Å². The Labute approximate surface area is 200 Å². The molecule has 2 aromatic carbocycles. The molecule has 182 valence electrons. The molecule has 34 heavy (non-hydrogen) atoms. The van der Waals surface area contributed by atoms with Gasteiger partial charge in [0, 0.05) is 12.1 Å². The van der Waals surface area contributed by atoms with Crippen molar-refractivity contribution in [3.63, 3.8) is 0 Å². The summed E-state index contributed by atoms with van der Waals surface area (Å²) in [7, 11) is 5.29. The molecular weight excluding hydrogens is 436 g/mol. The van der Waals surface area contributed by atoms with E-state index in [9.17, 15) is 19.8 Å². The van der Waals surface area contributed by atoms with E-state index in [0.717, 1.165) is 6.54 Å². The van der Waals surface area contributed by atoms with Crippen molar-refractivity contribution in [2.24, 2.45) is 0 Å². The van der Waals surface area contributed by atoms with Gasteiger partial charge in [-0.2, -0.15) is 0 Å². The van der Waals surface area contributed by atoms with Crippen molar-refractivity contribution in [1.29, 1.82) is 0 Å². The highest BCUT2D eigenvalue weighted by Crippen LogP contribution is 2.41. The monoisotopic (exact) mass is 468 g/mol. The largest absolute Gasteiger partial charge is 0.507 e. The number of ketones is 1. The molecule has 1 amide bonds. The number of hydrogen-bond donors (Lipinski definition) is 2. The Morgan fingerprint density at radius 2 is 1.79 bits per heavy atom. The molecule has 0 aromatic heterocycles. The van der Waals surface area contributed by atoms with Crippen molar-refractivity contribution in [3.05, 3.63) is 59.2 Å². The van der Waals surface area contributed by atoms with Gasteiger partial charge in [0.25, 0.3) is 11.7 Å². The highest BCUT2D eigenvalue weighted by molar-refractivity contribution is 6.46. The maximum Gasteiger partial charge on any atom is 0.295 e. The van der Waals surface area contributed by atoms with Gasteiger partial charge in [-0.1, -0.05) is 6.07 Å². The summed E-state index contributed by atoms with van der Waals surface area (Å²) in [6, 6.07) is 10.6. The number of hydrogen-bond acceptors (Lipinski definition) is 7. The standard InChI is InChI=1S/C26H32N2O6/c1-16(2)34-19-10-7-17(8-11-19)24(30)22-23(18-9-12-20(29)21(15-18)33-5)28(26(32)25(22)31)14-6-13-27(3)4/h7-12,15-16,23,29-30H,6,13-14H2,1-5H3/t23-/m0/s1. The second-order valence-electron chi connectivity index (χ2n) is 8.77. The summed E-state index contributed by atoms with van der Waals surface area (Å²) in [6.45, 7) is 4.88. The predicted octanol–water partition coefficient (Wildman–Crippen LogP) is 3.56. The van der Waals surface area contributed by atoms with Crippen molar-refractivity contribution < 1.29 is 29.3 Å². The molecule has 1 saturated heterocycles. The third kappa shape index (κ3) is 5.34. The van der Waals surface area contributed by atoms with Gasteiger partial charge in [0.15, 0.2) is 11.5 Å². The van der Waals surface area contributed by atoms with Crippen LogP contribution in [-0.4, -0.2) is 72.1 Å². The maximum absolute atomic E-state index is 13.1. The normalized spacial score (nSPS) is 17.6. The number of phenolic OH excluding ortho intramolecular Hbond substituents is 1. The van der Waals surface area contributed by atoms with Gasteiger partial charge < -0.3 is 29.5 Å². The number of nitrogens with zero attached hydrogens (tertiary/aromatic N) is 2. The number of phenols is 1. The van der Waals surface area contributed by atoms with Gasteiger partial charge in [0.1, 0.15) is 11.5 Å². The molecule has 1 atom stereocenters. The van der Waals surface area contributed by atoms with Gasteiger partial charge in [-0.15, -0.1) is 0 Å². The topological polar surface area (TPSA) is 99.5 Å². The summed E-state index contributed by atoms with van der Waals surface area (Å²) < 4.78 is 10.9. The quantitative estimate of drug-likeness (QED) is 0.330. The first-order chi connectivity index (χ1) is 16.1. The number of likely N-dealkylation sites (tertiary alicyclic amines) is 1. The molecular formula is C26H32N2O6. The summed E-state index contributed by atoms with van der Waals surface area (Å²) >= 11 is 0. The average Bonchev–Trinajstić information content (AvgIpc) is 3.04. The number of methoxy groups -OCH3 is 1. The molecule has 1 aliphatic rings. The number of amides is 1. The molecule has 2 aromatic rings. The molecule has 0 unspecified atom stereocenters. The fourth-order valence-electron chi connectivity index (χ4n) is 4.00. The van der Waals surface area contributed by atoms with Gasteiger partial charge in [-0.05, 0) is 82.9 Å². The Balaban J connectivity index is 2.08. The molecule has 1 fully saturated rings. The van der Waals surface area contributed by atoms with Gasteiger partial charge in [0.2, 0.25) is 0 Å². The first kappa shape index (κ1) is 25.1. The molecule has 0 saturated carbocycles. The minimum absolute atomic E-state index is 0.000115. The van der Waals surface area contributed by atoms with Crippen LogP contribution in [0.15, 0.2) is 48.0 Å². The number of aliphatic hydroxyl groups excluding tert-OH is 1. The number of carbonyl (C=O) groups excluding carboxylic acids is 2. The summed E-state index contributed by atoms with van der Waals surface area (Å²) in [5, 5.41) is 21.2. The molecule has 0 aliphatic carbocycles. The number of ether oxygens (including phenoxy) is 2. The van der Waals surface area contributed by atoms with Crippen LogP contribution < -0.4 is 9.47 Å². The van der Waals surface area contributed by atoms with Crippen LogP contribution in [0.25, 0.3) is 5.76 Å². The Hall–Kier alpha value is -3.52. The minimum atomic E-state index is -0.816. The third-order valence-corrected chi connectivity index (χ3v) is 5.56. The Morgan fingerprint density at radius 3 is 2.38 bits per heavy atom. The predicted molar refractivity (Wildman–Crippen MR) is 129 cm³/mol. The van der Waals surface area contributed by atoms with E-state index in [4.69, 9.17) is 9.47 Å². The lowest BCUT2D eigenvalue weighted by Crippen LogP contribution is -2.32. The van der Waals surface area contributed by atoms with E-state index < -0.39 is 17.7 Å². The zero-order valence-corrected chi connectivity index (χ0v) is 20.2. The lowest BCUT2D eigenvalue weighted by Gasteiger charge is -2.26. The lowest BCUT2D eigenvalue weighted by atomic mass is 9.95. The van der Waals surface area contributed by atoms with E-state index in [-0.39, 0.29) is 28.9 Å². The van der Waals surface area contributed by atoms with Crippen molar-refractivity contribution in [2.45, 2.75) is 32.4 Å². The molecule has 2 N–H and O–H groups in total. The highest BCUT2D eigenvalue weighted by Gasteiger charge is 2.46. The fourth-order valence-corrected chi connectivity index (χ4v) is 4.00. The Bertz CT molecular complexity index is 1080. The van der Waals surface area contributed by atoms with Crippen LogP contribution in [0, 0.1) is 0 Å². The fraction of sp³-hybridized carbons (Fsp3) is 0.385. The SMILES string of the molecule is COc1cc([C@H]2C(=C(O)c3ccc(OC(C)C)cc3)C(=O)C(=O)N2CCCN(C)C)ccc1O. The second kappa shape index (κ2) is 10.6. The van der Waals surface area contributed by atoms with Gasteiger partial charge in [-0.25, -0.2) is 0 Å². The molecule has 1 heterocycles. The van der Waals surface area contributed by atoms with E-state index >= 15 is 0 Å². The summed E-state index contributed by atoms with van der Waals surface area (Å²) in [6.07, 6.45) is 0.643. The van der Waals surface area contributed by atoms with E-state index in [0.29, 0.717) is 29.8 Å². The van der Waals surface area contributed by atoms with Crippen LogP contribution in [0.2, 0.25) is 0 Å². The number of aliphatic hydroxyl groups is 1. The summed E-state index contributed by atoms with van der Waals surface area (Å²) in [5.41, 5.74) is 0.957. The molecule has 3 rings (SSSR count). The highest BCUT2D eigenvalue weighted by atomic mass is 16.5. The lowest BCUT2D eigenvalue weighted by molar-refractivity contribution is -0.139. The van der Waals surface area contributed by atoms with E-state index in [2.05, 4.69) is 0 Å². The number of benzene rings is 2. The van der Waals surface area contributed by atoms with Crippen LogP contribution in [0.4, 0.5) is 0 Å². The van der Waals surface area contributed by atoms with Crippen molar-refractivity contribution in [2.75, 3.05) is 34.3 Å². The van der Waals surface area contributed by atoms with Gasteiger partial charge >= 0.3 is 0 Å². The first-order valence-corrected chi connectivity index (χ1v) is 11.2. The van der Waals surface area contributed by atoms with Crippen molar-refractivity contribution in [3.8, 4) is 17.2 Å². The van der Waals surface area contributed by atoms with E-state index in [1.807, 2.05) is 32.8 Å². The summed E-state index contributed by atoms with van der Waals surface area (Å²) in [5.74, 6) is -0.890. The molecule has 8 nitrogen and oxygen atoms in total. The second-order valence-corrected chi connectivity index (χ2v) is 8.77. The Morgan fingerprint density at radius 1 is 1.12 bits per heavy atom. The Kier molecular flexibility index (Phi) is 7.83. The number of Topliss-reactive ketones (excluding diaryl/α,β-unsaturated/α-hetero) is 1. The number of rotatable bonds is 9.